The lowest BCUT2D eigenvalue weighted by atomic mass is 10.1. The predicted molar refractivity (Wildman–Crippen MR) is 55.7 cm³/mol. The topological polar surface area (TPSA) is 104 Å². The first-order valence-electron chi connectivity index (χ1n) is 4.54. The van der Waals surface area contributed by atoms with Gasteiger partial charge in [0.25, 0.3) is 0 Å². The van der Waals surface area contributed by atoms with Crippen molar-refractivity contribution in [2.75, 3.05) is 19.6 Å². The molecule has 7 nitrogen and oxygen atoms in total. The van der Waals surface area contributed by atoms with Crippen molar-refractivity contribution in [2.45, 2.75) is 6.32 Å². The Morgan fingerprint density at radius 1 is 0.938 bits per heavy atom. The number of amides is 3. The number of nitrogens with one attached hydrogen (secondary N) is 3. The summed E-state index contributed by atoms with van der Waals surface area (Å²) < 4.78 is 0. The third kappa shape index (κ3) is 7.54. The van der Waals surface area contributed by atoms with Crippen molar-refractivity contribution in [1.82, 2.24) is 16.0 Å². The van der Waals surface area contributed by atoms with Gasteiger partial charge in [-0.25, -0.2) is 0 Å². The minimum absolute atomic E-state index is 0.0986. The van der Waals surface area contributed by atoms with E-state index in [0.717, 1.165) is 0 Å². The molecule has 0 atom stereocenters. The molecule has 0 aliphatic carbocycles. The summed E-state index contributed by atoms with van der Waals surface area (Å²) in [6.45, 7) is -0.583. The molecule has 16 heavy (non-hydrogen) atoms. The van der Waals surface area contributed by atoms with Crippen LogP contribution >= 0.6 is 0 Å². The molecule has 0 heterocycles. The zero-order valence-electron chi connectivity index (χ0n) is 8.62. The molecule has 0 unspecified atom stereocenters. The fourth-order valence-corrected chi connectivity index (χ4v) is 0.710. The van der Waals surface area contributed by atoms with Crippen molar-refractivity contribution in [3.63, 3.8) is 0 Å². The van der Waals surface area contributed by atoms with Crippen LogP contribution in [0, 0.1) is 0 Å². The summed E-state index contributed by atoms with van der Waals surface area (Å²) in [4.78, 5) is 42.5. The van der Waals surface area contributed by atoms with Crippen LogP contribution in [0.2, 0.25) is 6.32 Å². The summed E-state index contributed by atoms with van der Waals surface area (Å²) in [5.74, 6) is -1.45. The highest BCUT2D eigenvalue weighted by Gasteiger charge is 2.05. The zero-order valence-corrected chi connectivity index (χ0v) is 8.62. The summed E-state index contributed by atoms with van der Waals surface area (Å²) in [5.41, 5.74) is 0. The first-order chi connectivity index (χ1) is 7.60. The van der Waals surface area contributed by atoms with Gasteiger partial charge in [-0.2, -0.15) is 0 Å². The van der Waals surface area contributed by atoms with Crippen LogP contribution in [0.15, 0.2) is 0 Å². The lowest BCUT2D eigenvalue weighted by molar-refractivity contribution is -0.127. The van der Waals surface area contributed by atoms with Gasteiger partial charge in [0.1, 0.15) is 6.29 Å². The second-order valence-electron chi connectivity index (χ2n) is 2.73. The molecule has 0 saturated heterocycles. The molecule has 0 fully saturated rings. The molecule has 0 aromatic heterocycles. The quantitative estimate of drug-likeness (QED) is 0.319. The molecule has 0 aliphatic heterocycles. The maximum absolute atomic E-state index is 11.0. The van der Waals surface area contributed by atoms with E-state index in [4.69, 9.17) is 7.85 Å². The Hall–Kier alpha value is -1.86. The Labute approximate surface area is 93.7 Å². The second kappa shape index (κ2) is 8.45. The summed E-state index contributed by atoms with van der Waals surface area (Å²) >= 11 is 0. The molecular weight excluding hydrogens is 213 g/mol. The Balaban J connectivity index is 3.60. The average Bonchev–Trinajstić information content (AvgIpc) is 2.30. The van der Waals surface area contributed by atoms with Crippen LogP contribution in [0.4, 0.5) is 0 Å². The molecule has 0 rings (SSSR count). The summed E-state index contributed by atoms with van der Waals surface area (Å²) in [6, 6.07) is 0. The van der Waals surface area contributed by atoms with Crippen LogP contribution in [0.1, 0.15) is 0 Å². The van der Waals surface area contributed by atoms with E-state index in [1.54, 1.807) is 0 Å². The van der Waals surface area contributed by atoms with Crippen molar-refractivity contribution in [1.29, 1.82) is 0 Å². The molecular formula is C8H12BN3O4. The van der Waals surface area contributed by atoms with E-state index in [-0.39, 0.29) is 26.0 Å². The van der Waals surface area contributed by atoms with E-state index >= 15 is 0 Å². The molecule has 3 N–H and O–H groups in total. The molecule has 8 heteroatoms. The van der Waals surface area contributed by atoms with E-state index < -0.39 is 17.7 Å². The Morgan fingerprint density at radius 3 is 1.94 bits per heavy atom. The van der Waals surface area contributed by atoms with Gasteiger partial charge in [0.05, 0.1) is 27.5 Å². The minimum atomic E-state index is -0.511. The summed E-state index contributed by atoms with van der Waals surface area (Å²) in [5, 5.41) is 6.72. The van der Waals surface area contributed by atoms with Crippen LogP contribution in [0.5, 0.6) is 0 Å². The van der Waals surface area contributed by atoms with Gasteiger partial charge in [0.15, 0.2) is 0 Å². The molecule has 0 aliphatic rings. The molecule has 0 aromatic carbocycles. The Kier molecular flexibility index (Phi) is 7.47. The van der Waals surface area contributed by atoms with Crippen molar-refractivity contribution in [3.05, 3.63) is 0 Å². The van der Waals surface area contributed by atoms with Gasteiger partial charge >= 0.3 is 0 Å². The fourth-order valence-electron chi connectivity index (χ4n) is 0.710. The van der Waals surface area contributed by atoms with Gasteiger partial charge in [-0.05, 0) is 6.32 Å². The smallest absolute Gasteiger partial charge is 0.239 e. The van der Waals surface area contributed by atoms with Crippen LogP contribution in [0.25, 0.3) is 0 Å². The van der Waals surface area contributed by atoms with E-state index in [2.05, 4.69) is 16.0 Å². The van der Waals surface area contributed by atoms with E-state index in [1.165, 1.54) is 0 Å². The second-order valence-corrected chi connectivity index (χ2v) is 2.73. The molecule has 86 valence electrons. The highest BCUT2D eigenvalue weighted by Crippen LogP contribution is 1.72. The first-order valence-corrected chi connectivity index (χ1v) is 4.54. The molecule has 0 saturated carbocycles. The van der Waals surface area contributed by atoms with Gasteiger partial charge in [0, 0.05) is 0 Å². The van der Waals surface area contributed by atoms with E-state index in [0.29, 0.717) is 6.29 Å². The number of aldehydes is 1. The lowest BCUT2D eigenvalue weighted by Crippen LogP contribution is -2.42. The monoisotopic (exact) mass is 225 g/mol. The van der Waals surface area contributed by atoms with Gasteiger partial charge in [-0.15, -0.1) is 0 Å². The van der Waals surface area contributed by atoms with Crippen molar-refractivity contribution in [2.24, 2.45) is 0 Å². The number of rotatable bonds is 7. The highest BCUT2D eigenvalue weighted by molar-refractivity contribution is 6.19. The lowest BCUT2D eigenvalue weighted by Gasteiger charge is -2.05. The van der Waals surface area contributed by atoms with Crippen molar-refractivity contribution in [3.8, 4) is 0 Å². The van der Waals surface area contributed by atoms with Crippen LogP contribution in [-0.4, -0.2) is 51.5 Å². The normalized spacial score (nSPS) is 9.00. The van der Waals surface area contributed by atoms with Crippen molar-refractivity contribution >= 4 is 31.9 Å². The molecule has 3 amide bonds. The van der Waals surface area contributed by atoms with E-state index in [9.17, 15) is 19.2 Å². The zero-order chi connectivity index (χ0) is 12.4. The van der Waals surface area contributed by atoms with E-state index in [1.807, 2.05) is 0 Å². The standard InChI is InChI=1S/C8H12BN3O4/c9-3-6(14)11-5-8(16)12-4-7(15)10-1-2-13/h2H,1,3-5H2,(H,10,15)(H,11,14)(H,12,16). The van der Waals surface area contributed by atoms with Gasteiger partial charge in [0.2, 0.25) is 17.7 Å². The molecule has 0 aromatic rings. The maximum atomic E-state index is 11.0. The average molecular weight is 225 g/mol. The molecule has 2 radical (unpaired) electrons. The summed E-state index contributed by atoms with van der Waals surface area (Å²) in [7, 11) is 4.99. The maximum Gasteiger partial charge on any atom is 0.239 e. The minimum Gasteiger partial charge on any atom is -0.348 e. The first kappa shape index (κ1) is 14.1. The Morgan fingerprint density at radius 2 is 1.44 bits per heavy atom. The largest absolute Gasteiger partial charge is 0.348 e. The van der Waals surface area contributed by atoms with Crippen LogP contribution < -0.4 is 16.0 Å². The van der Waals surface area contributed by atoms with Crippen LogP contribution in [0.3, 0.4) is 0 Å². The number of carbonyl (C=O) groups is 4. The predicted octanol–water partition coefficient (Wildman–Crippen LogP) is -2.88. The van der Waals surface area contributed by atoms with Crippen LogP contribution in [-0.2, 0) is 19.2 Å². The van der Waals surface area contributed by atoms with Gasteiger partial charge in [-0.3, -0.25) is 14.4 Å². The number of hydrogen-bond acceptors (Lipinski definition) is 4. The van der Waals surface area contributed by atoms with Gasteiger partial charge < -0.3 is 20.7 Å². The third-order valence-electron chi connectivity index (χ3n) is 1.46. The number of carbonyl (C=O) groups excluding carboxylic acids is 4. The van der Waals surface area contributed by atoms with Gasteiger partial charge in [-0.1, -0.05) is 0 Å². The summed E-state index contributed by atoms with van der Waals surface area (Å²) in [6.07, 6.45) is 0.328. The fraction of sp³-hybridized carbons (Fsp3) is 0.500. The van der Waals surface area contributed by atoms with Crippen molar-refractivity contribution < 1.29 is 19.2 Å². The number of hydrogen-bond donors (Lipinski definition) is 3. The Bertz CT molecular complexity index is 282. The molecule has 0 bridgehead atoms. The molecule has 0 spiro atoms. The highest BCUT2D eigenvalue weighted by atomic mass is 16.2. The third-order valence-corrected chi connectivity index (χ3v) is 1.46. The SMILES string of the molecule is [B]CC(=O)NCC(=O)NCC(=O)NCC=O.